The standard InChI is InChI=1S/C16H24N4O/c1-12-17-14-11-13(16(21)19(4)5)7-8-15(14)20(12)10-6-9-18(2)3/h7-8,11H,6,9-10H2,1-5H3. The Bertz CT molecular complexity index is 643. The van der Waals surface area contributed by atoms with E-state index >= 15 is 0 Å². The summed E-state index contributed by atoms with van der Waals surface area (Å²) in [6.07, 6.45) is 1.08. The molecule has 0 aliphatic heterocycles. The summed E-state index contributed by atoms with van der Waals surface area (Å²) in [6, 6.07) is 5.77. The Balaban J connectivity index is 2.28. The van der Waals surface area contributed by atoms with E-state index in [0.29, 0.717) is 5.56 Å². The minimum atomic E-state index is 0.0108. The molecule has 0 fully saturated rings. The Kier molecular flexibility index (Phi) is 4.63. The maximum absolute atomic E-state index is 12.0. The molecule has 5 nitrogen and oxygen atoms in total. The van der Waals surface area contributed by atoms with E-state index < -0.39 is 0 Å². The quantitative estimate of drug-likeness (QED) is 0.845. The highest BCUT2D eigenvalue weighted by Crippen LogP contribution is 2.19. The van der Waals surface area contributed by atoms with Gasteiger partial charge in [0.1, 0.15) is 5.82 Å². The van der Waals surface area contributed by atoms with Crippen molar-refractivity contribution in [3.63, 3.8) is 0 Å². The first-order valence-corrected chi connectivity index (χ1v) is 7.23. The molecule has 0 bridgehead atoms. The van der Waals surface area contributed by atoms with Crippen molar-refractivity contribution in [1.29, 1.82) is 0 Å². The summed E-state index contributed by atoms with van der Waals surface area (Å²) in [7, 11) is 7.69. The SMILES string of the molecule is Cc1nc2cc(C(=O)N(C)C)ccc2n1CCCN(C)C. The minimum Gasteiger partial charge on any atom is -0.345 e. The second-order valence-electron chi connectivity index (χ2n) is 5.87. The van der Waals surface area contributed by atoms with Crippen LogP contribution >= 0.6 is 0 Å². The predicted molar refractivity (Wildman–Crippen MR) is 85.7 cm³/mol. The zero-order valence-corrected chi connectivity index (χ0v) is 13.6. The van der Waals surface area contributed by atoms with Crippen molar-refractivity contribution in [2.75, 3.05) is 34.7 Å². The lowest BCUT2D eigenvalue weighted by atomic mass is 10.2. The number of hydrogen-bond acceptors (Lipinski definition) is 3. The van der Waals surface area contributed by atoms with E-state index in [9.17, 15) is 4.79 Å². The van der Waals surface area contributed by atoms with Gasteiger partial charge in [0.2, 0.25) is 0 Å². The monoisotopic (exact) mass is 288 g/mol. The first-order chi connectivity index (χ1) is 9.90. The molecule has 0 radical (unpaired) electrons. The number of carbonyl (C=O) groups is 1. The molecule has 21 heavy (non-hydrogen) atoms. The Morgan fingerprint density at radius 1 is 1.24 bits per heavy atom. The first-order valence-electron chi connectivity index (χ1n) is 7.23. The predicted octanol–water partition coefficient (Wildman–Crippen LogP) is 2.00. The fourth-order valence-electron chi connectivity index (χ4n) is 2.47. The van der Waals surface area contributed by atoms with Crippen molar-refractivity contribution in [2.24, 2.45) is 0 Å². The molecule has 0 saturated heterocycles. The van der Waals surface area contributed by atoms with Crippen LogP contribution in [0.1, 0.15) is 22.6 Å². The largest absolute Gasteiger partial charge is 0.345 e. The zero-order chi connectivity index (χ0) is 15.6. The molecule has 0 atom stereocenters. The fraction of sp³-hybridized carbons (Fsp3) is 0.500. The van der Waals surface area contributed by atoms with Crippen molar-refractivity contribution >= 4 is 16.9 Å². The van der Waals surface area contributed by atoms with Gasteiger partial charge in [-0.1, -0.05) is 0 Å². The molecule has 1 aromatic carbocycles. The smallest absolute Gasteiger partial charge is 0.253 e. The summed E-state index contributed by atoms with van der Waals surface area (Å²) in [5.41, 5.74) is 2.68. The molecule has 0 unspecified atom stereocenters. The molecule has 2 rings (SSSR count). The Hall–Kier alpha value is -1.88. The number of aryl methyl sites for hydroxylation is 2. The zero-order valence-electron chi connectivity index (χ0n) is 13.6. The highest BCUT2D eigenvalue weighted by atomic mass is 16.2. The van der Waals surface area contributed by atoms with E-state index in [4.69, 9.17) is 0 Å². The first kappa shape index (κ1) is 15.5. The minimum absolute atomic E-state index is 0.0108. The van der Waals surface area contributed by atoms with Crippen molar-refractivity contribution in [3.05, 3.63) is 29.6 Å². The Labute approximate surface area is 126 Å². The maximum Gasteiger partial charge on any atom is 0.253 e. The van der Waals surface area contributed by atoms with E-state index in [2.05, 4.69) is 28.5 Å². The molecule has 1 aromatic heterocycles. The lowest BCUT2D eigenvalue weighted by molar-refractivity contribution is 0.0828. The van der Waals surface area contributed by atoms with Crippen molar-refractivity contribution in [3.8, 4) is 0 Å². The molecular formula is C16H24N4O. The highest BCUT2D eigenvalue weighted by Gasteiger charge is 2.12. The van der Waals surface area contributed by atoms with Gasteiger partial charge in [-0.2, -0.15) is 0 Å². The van der Waals surface area contributed by atoms with Crippen LogP contribution < -0.4 is 0 Å². The number of benzene rings is 1. The Morgan fingerprint density at radius 2 is 1.95 bits per heavy atom. The van der Waals surface area contributed by atoms with Gasteiger partial charge in [-0.25, -0.2) is 4.98 Å². The topological polar surface area (TPSA) is 41.4 Å². The van der Waals surface area contributed by atoms with Crippen LogP contribution in [0.5, 0.6) is 0 Å². The van der Waals surface area contributed by atoms with Crippen LogP contribution in [0.4, 0.5) is 0 Å². The third kappa shape index (κ3) is 3.42. The molecule has 2 aromatic rings. The van der Waals surface area contributed by atoms with Crippen LogP contribution in [0.3, 0.4) is 0 Å². The van der Waals surface area contributed by atoms with Gasteiger partial charge in [0.05, 0.1) is 11.0 Å². The number of amides is 1. The summed E-state index contributed by atoms with van der Waals surface area (Å²) in [5.74, 6) is 1.01. The summed E-state index contributed by atoms with van der Waals surface area (Å²) < 4.78 is 2.22. The van der Waals surface area contributed by atoms with Crippen molar-refractivity contribution < 1.29 is 4.79 Å². The van der Waals surface area contributed by atoms with E-state index in [1.807, 2.05) is 25.1 Å². The summed E-state index contributed by atoms with van der Waals surface area (Å²) in [5, 5.41) is 0. The number of fused-ring (bicyclic) bond motifs is 1. The van der Waals surface area contributed by atoms with Crippen LogP contribution in [0, 0.1) is 6.92 Å². The van der Waals surface area contributed by atoms with Crippen molar-refractivity contribution in [1.82, 2.24) is 19.4 Å². The van der Waals surface area contributed by atoms with Crippen molar-refractivity contribution in [2.45, 2.75) is 19.9 Å². The summed E-state index contributed by atoms with van der Waals surface area (Å²) in [4.78, 5) is 20.4. The summed E-state index contributed by atoms with van der Waals surface area (Å²) in [6.45, 7) is 4.01. The van der Waals surface area contributed by atoms with Gasteiger partial charge < -0.3 is 14.4 Å². The molecular weight excluding hydrogens is 264 g/mol. The van der Waals surface area contributed by atoms with Crippen LogP contribution in [-0.4, -0.2) is 60.0 Å². The third-order valence-corrected chi connectivity index (χ3v) is 3.58. The average molecular weight is 288 g/mol. The molecule has 1 heterocycles. The van der Waals surface area contributed by atoms with Crippen LogP contribution in [0.2, 0.25) is 0 Å². The normalized spacial score (nSPS) is 11.3. The molecule has 0 aliphatic rings. The van der Waals surface area contributed by atoms with E-state index in [1.54, 1.807) is 19.0 Å². The number of carbonyl (C=O) groups excluding carboxylic acids is 1. The number of nitrogens with zero attached hydrogens (tertiary/aromatic N) is 4. The van der Waals surface area contributed by atoms with Gasteiger partial charge in [-0.05, 0) is 52.2 Å². The number of aromatic nitrogens is 2. The average Bonchev–Trinajstić information content (AvgIpc) is 2.72. The lowest BCUT2D eigenvalue weighted by Gasteiger charge is -2.12. The maximum atomic E-state index is 12.0. The Morgan fingerprint density at radius 3 is 2.57 bits per heavy atom. The van der Waals surface area contributed by atoms with Crippen LogP contribution in [0.25, 0.3) is 11.0 Å². The van der Waals surface area contributed by atoms with Crippen LogP contribution in [0.15, 0.2) is 18.2 Å². The molecule has 114 valence electrons. The molecule has 5 heteroatoms. The third-order valence-electron chi connectivity index (χ3n) is 3.58. The van der Waals surface area contributed by atoms with Gasteiger partial charge in [-0.15, -0.1) is 0 Å². The highest BCUT2D eigenvalue weighted by molar-refractivity contribution is 5.97. The lowest BCUT2D eigenvalue weighted by Crippen LogP contribution is -2.21. The van der Waals surface area contributed by atoms with E-state index in [0.717, 1.165) is 36.4 Å². The molecule has 0 spiro atoms. The van der Waals surface area contributed by atoms with Gasteiger partial charge in [0.15, 0.2) is 0 Å². The fourth-order valence-corrected chi connectivity index (χ4v) is 2.47. The van der Waals surface area contributed by atoms with E-state index in [-0.39, 0.29) is 5.91 Å². The van der Waals surface area contributed by atoms with E-state index in [1.165, 1.54) is 0 Å². The van der Waals surface area contributed by atoms with Gasteiger partial charge in [0, 0.05) is 26.2 Å². The molecule has 0 N–H and O–H groups in total. The second-order valence-corrected chi connectivity index (χ2v) is 5.87. The molecule has 1 amide bonds. The number of hydrogen-bond donors (Lipinski definition) is 0. The summed E-state index contributed by atoms with van der Waals surface area (Å²) >= 11 is 0. The number of imidazole rings is 1. The number of rotatable bonds is 5. The van der Waals surface area contributed by atoms with Crippen LogP contribution in [-0.2, 0) is 6.54 Å². The van der Waals surface area contributed by atoms with Gasteiger partial charge >= 0.3 is 0 Å². The second kappa shape index (κ2) is 6.26. The van der Waals surface area contributed by atoms with Gasteiger partial charge in [-0.3, -0.25) is 4.79 Å². The molecule has 0 aliphatic carbocycles. The van der Waals surface area contributed by atoms with Gasteiger partial charge in [0.25, 0.3) is 5.91 Å². The molecule has 0 saturated carbocycles.